The van der Waals surface area contributed by atoms with Gasteiger partial charge >= 0.3 is 0 Å². The average molecular weight is 425 g/mol. The summed E-state index contributed by atoms with van der Waals surface area (Å²) in [4.78, 5) is 16.8. The second-order valence-corrected chi connectivity index (χ2v) is 8.07. The summed E-state index contributed by atoms with van der Waals surface area (Å²) in [6.07, 6.45) is 0. The molecule has 7 heteroatoms. The molecule has 0 saturated carbocycles. The summed E-state index contributed by atoms with van der Waals surface area (Å²) in [6.45, 7) is 6.14. The first-order chi connectivity index (χ1) is 13.3. The molecule has 1 heterocycles. The Labute approximate surface area is 174 Å². The number of hydrogen-bond acceptors (Lipinski definition) is 3. The summed E-state index contributed by atoms with van der Waals surface area (Å²) in [6, 6.07) is 11.7. The zero-order valence-corrected chi connectivity index (χ0v) is 17.4. The number of carbonyl (C=O) groups is 1. The predicted molar refractivity (Wildman–Crippen MR) is 109 cm³/mol. The summed E-state index contributed by atoms with van der Waals surface area (Å²) >= 11 is 11.9. The molecule has 2 aromatic carbocycles. The number of benzene rings is 2. The van der Waals surface area contributed by atoms with Crippen LogP contribution in [0.3, 0.4) is 0 Å². The van der Waals surface area contributed by atoms with Gasteiger partial charge in [-0.15, -0.1) is 0 Å². The van der Waals surface area contributed by atoms with Crippen LogP contribution < -0.4 is 4.74 Å². The van der Waals surface area contributed by atoms with E-state index in [1.54, 1.807) is 30.3 Å². The van der Waals surface area contributed by atoms with E-state index in [1.807, 2.05) is 11.8 Å². The Morgan fingerprint density at radius 1 is 1.07 bits per heavy atom. The summed E-state index contributed by atoms with van der Waals surface area (Å²) in [5, 5.41) is 0.928. The van der Waals surface area contributed by atoms with Crippen molar-refractivity contribution >= 4 is 29.1 Å². The Kier molecular flexibility index (Phi) is 6.81. The number of halogens is 3. The molecule has 2 unspecified atom stereocenters. The highest BCUT2D eigenvalue weighted by Crippen LogP contribution is 2.24. The SMILES string of the molecule is CC1CN(C(=O)COc2cc(Cl)cc(Cl)c2)C(C)CN1Cc1ccc(F)cc1. The van der Waals surface area contributed by atoms with E-state index in [0.29, 0.717) is 22.3 Å². The maximum Gasteiger partial charge on any atom is 0.260 e. The van der Waals surface area contributed by atoms with Crippen LogP contribution in [0.5, 0.6) is 5.75 Å². The lowest BCUT2D eigenvalue weighted by Crippen LogP contribution is -2.58. The molecule has 4 nitrogen and oxygen atoms in total. The first-order valence-electron chi connectivity index (χ1n) is 9.18. The first-order valence-corrected chi connectivity index (χ1v) is 9.94. The largest absolute Gasteiger partial charge is 0.484 e. The lowest BCUT2D eigenvalue weighted by molar-refractivity contribution is -0.139. The molecule has 0 radical (unpaired) electrons. The van der Waals surface area contributed by atoms with Gasteiger partial charge in [-0.1, -0.05) is 35.3 Å². The van der Waals surface area contributed by atoms with Gasteiger partial charge in [-0.05, 0) is 49.7 Å². The monoisotopic (exact) mass is 424 g/mol. The van der Waals surface area contributed by atoms with Crippen LogP contribution in [0.4, 0.5) is 4.39 Å². The molecule has 2 aromatic rings. The van der Waals surface area contributed by atoms with Crippen molar-refractivity contribution in [1.29, 1.82) is 0 Å². The van der Waals surface area contributed by atoms with Gasteiger partial charge in [-0.2, -0.15) is 0 Å². The smallest absolute Gasteiger partial charge is 0.260 e. The summed E-state index contributed by atoms with van der Waals surface area (Å²) in [5.74, 6) is 0.167. The van der Waals surface area contributed by atoms with Gasteiger partial charge < -0.3 is 9.64 Å². The Balaban J connectivity index is 1.56. The zero-order valence-electron chi connectivity index (χ0n) is 15.9. The van der Waals surface area contributed by atoms with Crippen LogP contribution in [0.25, 0.3) is 0 Å². The normalized spacial score (nSPS) is 20.2. The van der Waals surface area contributed by atoms with Gasteiger partial charge in [0.15, 0.2) is 6.61 Å². The zero-order chi connectivity index (χ0) is 20.3. The van der Waals surface area contributed by atoms with Crippen molar-refractivity contribution in [2.45, 2.75) is 32.5 Å². The molecule has 1 aliphatic heterocycles. The van der Waals surface area contributed by atoms with Gasteiger partial charge in [0.1, 0.15) is 11.6 Å². The van der Waals surface area contributed by atoms with Crippen molar-refractivity contribution in [2.75, 3.05) is 19.7 Å². The Bertz CT molecular complexity index is 811. The van der Waals surface area contributed by atoms with Gasteiger partial charge in [0.2, 0.25) is 0 Å². The average Bonchev–Trinajstić information content (AvgIpc) is 2.63. The van der Waals surface area contributed by atoms with Crippen LogP contribution in [0.15, 0.2) is 42.5 Å². The van der Waals surface area contributed by atoms with E-state index in [9.17, 15) is 9.18 Å². The minimum Gasteiger partial charge on any atom is -0.484 e. The minimum atomic E-state index is -0.235. The molecule has 3 rings (SSSR count). The standard InChI is InChI=1S/C21H23Cl2FN2O2/c1-14-11-26(21(27)13-28-20-8-17(22)7-18(23)9-20)15(2)10-25(14)12-16-3-5-19(24)6-4-16/h3-9,14-15H,10-13H2,1-2H3. The summed E-state index contributed by atoms with van der Waals surface area (Å²) in [7, 11) is 0. The van der Waals surface area contributed by atoms with E-state index in [1.165, 1.54) is 12.1 Å². The predicted octanol–water partition coefficient (Wildman–Crippen LogP) is 4.63. The molecule has 28 heavy (non-hydrogen) atoms. The van der Waals surface area contributed by atoms with E-state index < -0.39 is 0 Å². The molecule has 1 saturated heterocycles. The molecular formula is C21H23Cl2FN2O2. The van der Waals surface area contributed by atoms with Crippen molar-refractivity contribution in [3.8, 4) is 5.75 Å². The second kappa shape index (κ2) is 9.12. The van der Waals surface area contributed by atoms with Crippen molar-refractivity contribution < 1.29 is 13.9 Å². The molecule has 0 N–H and O–H groups in total. The van der Waals surface area contributed by atoms with Crippen molar-refractivity contribution in [3.63, 3.8) is 0 Å². The quantitative estimate of drug-likeness (QED) is 0.700. The first kappa shape index (κ1) is 20.9. The number of hydrogen-bond donors (Lipinski definition) is 0. The number of nitrogens with zero attached hydrogens (tertiary/aromatic N) is 2. The third kappa shape index (κ3) is 5.37. The summed E-state index contributed by atoms with van der Waals surface area (Å²) < 4.78 is 18.7. The molecule has 0 bridgehead atoms. The highest BCUT2D eigenvalue weighted by Gasteiger charge is 2.32. The van der Waals surface area contributed by atoms with Crippen LogP contribution in [-0.2, 0) is 11.3 Å². The minimum absolute atomic E-state index is 0.0516. The molecule has 1 aliphatic rings. The van der Waals surface area contributed by atoms with E-state index in [-0.39, 0.29) is 30.4 Å². The highest BCUT2D eigenvalue weighted by molar-refractivity contribution is 6.34. The molecular weight excluding hydrogens is 402 g/mol. The third-order valence-electron chi connectivity index (χ3n) is 4.93. The Hall–Kier alpha value is -1.82. The molecule has 2 atom stereocenters. The second-order valence-electron chi connectivity index (χ2n) is 7.19. The maximum absolute atomic E-state index is 13.1. The van der Waals surface area contributed by atoms with E-state index in [2.05, 4.69) is 11.8 Å². The van der Waals surface area contributed by atoms with Gasteiger partial charge in [-0.3, -0.25) is 9.69 Å². The van der Waals surface area contributed by atoms with Crippen molar-refractivity contribution in [2.24, 2.45) is 0 Å². The van der Waals surface area contributed by atoms with Crippen LogP contribution >= 0.6 is 23.2 Å². The number of rotatable bonds is 5. The molecule has 1 amide bonds. The lowest BCUT2D eigenvalue weighted by Gasteiger charge is -2.44. The molecule has 0 aliphatic carbocycles. The number of piperazine rings is 1. The highest BCUT2D eigenvalue weighted by atomic mass is 35.5. The fourth-order valence-electron chi connectivity index (χ4n) is 3.43. The number of amides is 1. The topological polar surface area (TPSA) is 32.8 Å². The Morgan fingerprint density at radius 3 is 2.36 bits per heavy atom. The number of ether oxygens (including phenoxy) is 1. The molecule has 0 spiro atoms. The molecule has 150 valence electrons. The third-order valence-corrected chi connectivity index (χ3v) is 5.37. The van der Waals surface area contributed by atoms with Gasteiger partial charge in [0, 0.05) is 41.8 Å². The van der Waals surface area contributed by atoms with Gasteiger partial charge in [-0.25, -0.2) is 4.39 Å². The summed E-state index contributed by atoms with van der Waals surface area (Å²) in [5.41, 5.74) is 1.06. The maximum atomic E-state index is 13.1. The van der Waals surface area contributed by atoms with Crippen molar-refractivity contribution in [3.05, 3.63) is 63.9 Å². The van der Waals surface area contributed by atoms with Crippen LogP contribution in [0.1, 0.15) is 19.4 Å². The fraction of sp³-hybridized carbons (Fsp3) is 0.381. The van der Waals surface area contributed by atoms with E-state index >= 15 is 0 Å². The van der Waals surface area contributed by atoms with E-state index in [0.717, 1.165) is 18.7 Å². The lowest BCUT2D eigenvalue weighted by atomic mass is 10.1. The van der Waals surface area contributed by atoms with Crippen LogP contribution in [0.2, 0.25) is 10.0 Å². The van der Waals surface area contributed by atoms with Crippen LogP contribution in [-0.4, -0.2) is 47.5 Å². The van der Waals surface area contributed by atoms with Crippen LogP contribution in [0, 0.1) is 5.82 Å². The van der Waals surface area contributed by atoms with Gasteiger partial charge in [0.05, 0.1) is 0 Å². The fourth-order valence-corrected chi connectivity index (χ4v) is 3.94. The van der Waals surface area contributed by atoms with E-state index in [4.69, 9.17) is 27.9 Å². The van der Waals surface area contributed by atoms with Gasteiger partial charge in [0.25, 0.3) is 5.91 Å². The van der Waals surface area contributed by atoms with Crippen molar-refractivity contribution in [1.82, 2.24) is 9.80 Å². The number of carbonyl (C=O) groups excluding carboxylic acids is 1. The molecule has 0 aromatic heterocycles. The Morgan fingerprint density at radius 2 is 1.71 bits per heavy atom. The molecule has 1 fully saturated rings.